The Labute approximate surface area is 180 Å². The summed E-state index contributed by atoms with van der Waals surface area (Å²) in [6, 6.07) is 12.2. The van der Waals surface area contributed by atoms with Crippen molar-refractivity contribution in [2.75, 3.05) is 13.1 Å². The van der Waals surface area contributed by atoms with E-state index in [4.69, 9.17) is 0 Å². The van der Waals surface area contributed by atoms with E-state index in [1.807, 2.05) is 18.4 Å². The SMILES string of the molecule is CCCNC[C@H](CC)c1ccc(-c2c(O)cc(C)c3[nH]c(=O)c4sccc4c23)cc1. The minimum absolute atomic E-state index is 0.0760. The van der Waals surface area contributed by atoms with Gasteiger partial charge >= 0.3 is 0 Å². The third kappa shape index (κ3) is 3.64. The molecule has 0 unspecified atom stereocenters. The van der Waals surface area contributed by atoms with Gasteiger partial charge in [-0.3, -0.25) is 4.79 Å². The number of aromatic amines is 1. The number of pyridine rings is 1. The van der Waals surface area contributed by atoms with Crippen LogP contribution in [0.3, 0.4) is 0 Å². The zero-order valence-corrected chi connectivity index (χ0v) is 18.5. The van der Waals surface area contributed by atoms with Gasteiger partial charge in [-0.15, -0.1) is 11.3 Å². The molecule has 4 rings (SSSR count). The summed E-state index contributed by atoms with van der Waals surface area (Å²) < 4.78 is 0.693. The highest BCUT2D eigenvalue weighted by Gasteiger charge is 2.18. The molecular weight excluding hydrogens is 392 g/mol. The fraction of sp³-hybridized carbons (Fsp3) is 0.320. The molecule has 2 aromatic carbocycles. The van der Waals surface area contributed by atoms with E-state index in [1.54, 1.807) is 6.07 Å². The molecule has 0 fully saturated rings. The standard InChI is InChI=1S/C25H28N2O2S/c1-4-11-26-14-16(5-2)17-6-8-18(9-7-17)21-20(28)13-15(3)23-22(21)19-10-12-30-24(19)25(29)27-23/h6-10,12-13,16,26,28H,4-5,11,14H2,1-3H3,(H,27,29)/t16-/m0/s1. The topological polar surface area (TPSA) is 65.1 Å². The van der Waals surface area contributed by atoms with Crippen molar-refractivity contribution in [3.05, 3.63) is 63.3 Å². The number of thiophene rings is 1. The Kier molecular flexibility index (Phi) is 5.93. The van der Waals surface area contributed by atoms with Gasteiger partial charge in [0, 0.05) is 22.9 Å². The monoisotopic (exact) mass is 420 g/mol. The number of aromatic hydroxyl groups is 1. The number of nitrogens with one attached hydrogen (secondary N) is 2. The van der Waals surface area contributed by atoms with E-state index in [0.717, 1.165) is 58.9 Å². The van der Waals surface area contributed by atoms with Gasteiger partial charge in [0.1, 0.15) is 10.4 Å². The lowest BCUT2D eigenvalue weighted by atomic mass is 9.91. The van der Waals surface area contributed by atoms with Gasteiger partial charge in [-0.2, -0.15) is 0 Å². The smallest absolute Gasteiger partial charge is 0.266 e. The average molecular weight is 421 g/mol. The van der Waals surface area contributed by atoms with E-state index in [1.165, 1.54) is 16.9 Å². The van der Waals surface area contributed by atoms with E-state index < -0.39 is 0 Å². The summed E-state index contributed by atoms with van der Waals surface area (Å²) in [5, 5.41) is 18.1. The number of aryl methyl sites for hydroxylation is 1. The van der Waals surface area contributed by atoms with E-state index in [9.17, 15) is 9.90 Å². The van der Waals surface area contributed by atoms with Gasteiger partial charge in [0.15, 0.2) is 0 Å². The first kappa shape index (κ1) is 20.6. The lowest BCUT2D eigenvalue weighted by Gasteiger charge is -2.17. The fourth-order valence-electron chi connectivity index (χ4n) is 4.25. The third-order valence-corrected chi connectivity index (χ3v) is 6.78. The maximum absolute atomic E-state index is 12.5. The highest BCUT2D eigenvalue weighted by molar-refractivity contribution is 7.17. The third-order valence-electron chi connectivity index (χ3n) is 5.86. The molecule has 4 nitrogen and oxygen atoms in total. The van der Waals surface area contributed by atoms with Gasteiger partial charge in [-0.25, -0.2) is 0 Å². The zero-order chi connectivity index (χ0) is 21.3. The molecule has 0 aliphatic heterocycles. The van der Waals surface area contributed by atoms with Crippen molar-refractivity contribution in [2.45, 2.75) is 39.5 Å². The van der Waals surface area contributed by atoms with Crippen molar-refractivity contribution in [1.29, 1.82) is 0 Å². The molecular formula is C25H28N2O2S. The fourth-order valence-corrected chi connectivity index (χ4v) is 5.04. The molecule has 0 saturated heterocycles. The molecule has 0 spiro atoms. The highest BCUT2D eigenvalue weighted by Crippen LogP contribution is 2.41. The molecule has 30 heavy (non-hydrogen) atoms. The van der Waals surface area contributed by atoms with Crippen LogP contribution in [0.25, 0.3) is 32.1 Å². The summed E-state index contributed by atoms with van der Waals surface area (Å²) in [6.45, 7) is 8.32. The summed E-state index contributed by atoms with van der Waals surface area (Å²) in [4.78, 5) is 15.5. The molecule has 2 aromatic heterocycles. The normalized spacial score (nSPS) is 12.6. The first-order valence-electron chi connectivity index (χ1n) is 10.6. The van der Waals surface area contributed by atoms with Crippen molar-refractivity contribution in [1.82, 2.24) is 10.3 Å². The Morgan fingerprint density at radius 3 is 2.63 bits per heavy atom. The van der Waals surface area contributed by atoms with E-state index in [2.05, 4.69) is 48.4 Å². The predicted octanol–water partition coefficient (Wildman–Crippen LogP) is 5.92. The number of aromatic nitrogens is 1. The van der Waals surface area contributed by atoms with E-state index in [-0.39, 0.29) is 11.3 Å². The molecule has 0 aliphatic carbocycles. The van der Waals surface area contributed by atoms with E-state index >= 15 is 0 Å². The molecule has 0 aliphatic rings. The van der Waals surface area contributed by atoms with Crippen molar-refractivity contribution >= 4 is 32.3 Å². The van der Waals surface area contributed by atoms with Crippen LogP contribution in [-0.4, -0.2) is 23.2 Å². The molecule has 2 heterocycles. The van der Waals surface area contributed by atoms with Crippen molar-refractivity contribution in [2.24, 2.45) is 0 Å². The number of benzene rings is 2. The van der Waals surface area contributed by atoms with Crippen LogP contribution in [0.15, 0.2) is 46.6 Å². The largest absolute Gasteiger partial charge is 0.507 e. The first-order valence-corrected chi connectivity index (χ1v) is 11.5. The number of fused-ring (bicyclic) bond motifs is 3. The quantitative estimate of drug-likeness (QED) is 0.325. The first-order chi connectivity index (χ1) is 14.5. The zero-order valence-electron chi connectivity index (χ0n) is 17.7. The second-order valence-electron chi connectivity index (χ2n) is 7.89. The summed E-state index contributed by atoms with van der Waals surface area (Å²) in [7, 11) is 0. The van der Waals surface area contributed by atoms with Crippen LogP contribution in [0.5, 0.6) is 5.75 Å². The second-order valence-corrected chi connectivity index (χ2v) is 8.80. The van der Waals surface area contributed by atoms with Gasteiger partial charge in [-0.05, 0) is 66.4 Å². The average Bonchev–Trinajstić information content (AvgIpc) is 3.24. The van der Waals surface area contributed by atoms with Gasteiger partial charge in [-0.1, -0.05) is 38.1 Å². The predicted molar refractivity (Wildman–Crippen MR) is 128 cm³/mol. The molecule has 5 heteroatoms. The summed E-state index contributed by atoms with van der Waals surface area (Å²) in [5.74, 6) is 0.706. The molecule has 0 radical (unpaired) electrons. The number of phenols is 1. The van der Waals surface area contributed by atoms with Crippen LogP contribution in [0.4, 0.5) is 0 Å². The van der Waals surface area contributed by atoms with Crippen LogP contribution < -0.4 is 10.9 Å². The number of rotatable bonds is 7. The van der Waals surface area contributed by atoms with Gasteiger partial charge < -0.3 is 15.4 Å². The number of H-pyrrole nitrogens is 1. The minimum Gasteiger partial charge on any atom is -0.507 e. The van der Waals surface area contributed by atoms with Crippen molar-refractivity contribution < 1.29 is 5.11 Å². The van der Waals surface area contributed by atoms with Crippen LogP contribution in [0, 0.1) is 6.92 Å². The van der Waals surface area contributed by atoms with Gasteiger partial charge in [0.05, 0.1) is 5.52 Å². The van der Waals surface area contributed by atoms with Crippen LogP contribution in [0.2, 0.25) is 0 Å². The maximum atomic E-state index is 12.5. The lowest BCUT2D eigenvalue weighted by Crippen LogP contribution is -2.21. The minimum atomic E-state index is -0.0760. The van der Waals surface area contributed by atoms with Crippen LogP contribution in [-0.2, 0) is 0 Å². The summed E-state index contributed by atoms with van der Waals surface area (Å²) in [5.41, 5.74) is 4.61. The molecule has 4 aromatic rings. The summed E-state index contributed by atoms with van der Waals surface area (Å²) in [6.07, 6.45) is 2.21. The van der Waals surface area contributed by atoms with Crippen LogP contribution >= 0.6 is 11.3 Å². The molecule has 156 valence electrons. The van der Waals surface area contributed by atoms with E-state index in [0.29, 0.717) is 10.6 Å². The van der Waals surface area contributed by atoms with Gasteiger partial charge in [0.2, 0.25) is 0 Å². The van der Waals surface area contributed by atoms with Gasteiger partial charge in [0.25, 0.3) is 5.56 Å². The maximum Gasteiger partial charge on any atom is 0.266 e. The number of hydrogen-bond donors (Lipinski definition) is 3. The molecule has 0 saturated carbocycles. The number of hydrogen-bond acceptors (Lipinski definition) is 4. The lowest BCUT2D eigenvalue weighted by molar-refractivity contribution is 0.477. The Morgan fingerprint density at radius 2 is 1.93 bits per heavy atom. The number of phenolic OH excluding ortho intramolecular Hbond substituents is 1. The Hall–Kier alpha value is -2.63. The Balaban J connectivity index is 1.84. The van der Waals surface area contributed by atoms with Crippen LogP contribution in [0.1, 0.15) is 43.7 Å². The van der Waals surface area contributed by atoms with Crippen molar-refractivity contribution in [3.8, 4) is 16.9 Å². The molecule has 3 N–H and O–H groups in total. The summed E-state index contributed by atoms with van der Waals surface area (Å²) >= 11 is 1.43. The molecule has 0 amide bonds. The molecule has 0 bridgehead atoms. The Morgan fingerprint density at radius 1 is 1.17 bits per heavy atom. The second kappa shape index (κ2) is 8.62. The highest BCUT2D eigenvalue weighted by atomic mass is 32.1. The van der Waals surface area contributed by atoms with Crippen molar-refractivity contribution in [3.63, 3.8) is 0 Å². The Bertz CT molecular complexity index is 1240. The molecule has 1 atom stereocenters.